The molecule has 0 amide bonds. The molecule has 4 heteroatoms. The highest BCUT2D eigenvalue weighted by atomic mass is 79.9. The summed E-state index contributed by atoms with van der Waals surface area (Å²) in [6.45, 7) is 8.55. The lowest BCUT2D eigenvalue weighted by Crippen LogP contribution is -1.95. The number of aromatic nitrogens is 2. The molecule has 158 valence electrons. The van der Waals surface area contributed by atoms with Crippen molar-refractivity contribution in [1.82, 2.24) is 9.97 Å². The normalized spacial score (nSPS) is 11.4. The van der Waals surface area contributed by atoms with Crippen LogP contribution in [0.2, 0.25) is 0 Å². The lowest BCUT2D eigenvalue weighted by atomic mass is 9.98. The number of pyridine rings is 2. The van der Waals surface area contributed by atoms with Crippen LogP contribution in [0.5, 0.6) is 0 Å². The zero-order valence-electron chi connectivity index (χ0n) is 18.4. The van der Waals surface area contributed by atoms with Gasteiger partial charge in [0.15, 0.2) is 0 Å². The van der Waals surface area contributed by atoms with Crippen molar-refractivity contribution in [3.8, 4) is 22.5 Å². The molecule has 5 rings (SSSR count). The fourth-order valence-corrected chi connectivity index (χ4v) is 6.05. The smallest absolute Gasteiger partial charge is 0.0972 e. The summed E-state index contributed by atoms with van der Waals surface area (Å²) >= 11 is 7.21. The molecule has 0 bridgehead atoms. The molecule has 0 saturated heterocycles. The fraction of sp³-hybridized carbons (Fsp3) is 0.143. The highest BCUT2D eigenvalue weighted by Gasteiger charge is 2.14. The van der Waals surface area contributed by atoms with E-state index in [0.29, 0.717) is 0 Å². The zero-order valence-corrected chi connectivity index (χ0v) is 21.6. The van der Waals surface area contributed by atoms with Crippen molar-refractivity contribution in [2.24, 2.45) is 0 Å². The molecule has 0 saturated carbocycles. The molecule has 2 aromatic heterocycles. The summed E-state index contributed by atoms with van der Waals surface area (Å²) in [4.78, 5) is 10.3. The highest BCUT2D eigenvalue weighted by molar-refractivity contribution is 9.10. The van der Waals surface area contributed by atoms with Crippen molar-refractivity contribution in [3.63, 3.8) is 0 Å². The first-order valence-electron chi connectivity index (χ1n) is 10.6. The van der Waals surface area contributed by atoms with Crippen molar-refractivity contribution in [2.75, 3.05) is 0 Å². The largest absolute Gasteiger partial charge is 0.245 e. The first-order chi connectivity index (χ1) is 15.3. The second kappa shape index (κ2) is 8.09. The van der Waals surface area contributed by atoms with Gasteiger partial charge >= 0.3 is 0 Å². The van der Waals surface area contributed by atoms with Gasteiger partial charge in [-0.1, -0.05) is 56.1 Å². The minimum Gasteiger partial charge on any atom is -0.245 e. The molecule has 0 aliphatic heterocycles. The molecule has 0 unspecified atom stereocenters. The maximum absolute atomic E-state index is 5.13. The van der Waals surface area contributed by atoms with Gasteiger partial charge in [-0.25, -0.2) is 9.97 Å². The number of hydrogen-bond donors (Lipinski definition) is 0. The number of rotatable bonds is 2. The topological polar surface area (TPSA) is 25.8 Å². The standard InChI is InChI=1S/C28H22Br2N2/c1-15-11-21(29)12-16(2)25(15)23-9-7-19-5-6-20-8-10-24(32-28(20)27(19)31-23)26-17(3)13-22(30)14-18(26)4/h5-14H,1-4H3. The van der Waals surface area contributed by atoms with Crippen LogP contribution >= 0.6 is 31.9 Å². The first kappa shape index (κ1) is 21.3. The van der Waals surface area contributed by atoms with Crippen LogP contribution in [0.1, 0.15) is 22.3 Å². The van der Waals surface area contributed by atoms with Crippen LogP contribution < -0.4 is 0 Å². The van der Waals surface area contributed by atoms with Gasteiger partial charge < -0.3 is 0 Å². The van der Waals surface area contributed by atoms with E-state index in [-0.39, 0.29) is 0 Å². The molecule has 0 aliphatic carbocycles. The van der Waals surface area contributed by atoms with E-state index >= 15 is 0 Å². The van der Waals surface area contributed by atoms with Crippen molar-refractivity contribution >= 4 is 53.7 Å². The first-order valence-corrected chi connectivity index (χ1v) is 12.1. The number of benzene rings is 3. The highest BCUT2D eigenvalue weighted by Crippen LogP contribution is 2.34. The Balaban J connectivity index is 1.78. The van der Waals surface area contributed by atoms with Crippen LogP contribution in [0.3, 0.4) is 0 Å². The third-order valence-electron chi connectivity index (χ3n) is 6.03. The van der Waals surface area contributed by atoms with Crippen LogP contribution in [-0.4, -0.2) is 9.97 Å². The SMILES string of the molecule is Cc1cc(Br)cc(C)c1-c1ccc2ccc3ccc(-c4c(C)cc(Br)cc4C)nc3c2n1. The van der Waals surface area contributed by atoms with E-state index in [0.717, 1.165) is 42.1 Å². The van der Waals surface area contributed by atoms with E-state index in [4.69, 9.17) is 9.97 Å². The van der Waals surface area contributed by atoms with Crippen LogP contribution in [0.15, 0.2) is 69.6 Å². The molecule has 0 fully saturated rings. The molecule has 0 aliphatic rings. The molecular formula is C28H22Br2N2. The Hall–Kier alpha value is -2.56. The third kappa shape index (κ3) is 3.66. The maximum atomic E-state index is 5.13. The molecule has 2 heterocycles. The van der Waals surface area contributed by atoms with Crippen molar-refractivity contribution in [2.45, 2.75) is 27.7 Å². The van der Waals surface area contributed by atoms with E-state index < -0.39 is 0 Å². The summed E-state index contributed by atoms with van der Waals surface area (Å²) in [6.07, 6.45) is 0. The summed E-state index contributed by atoms with van der Waals surface area (Å²) in [5, 5.41) is 2.20. The molecule has 32 heavy (non-hydrogen) atoms. The number of aryl methyl sites for hydroxylation is 4. The van der Waals surface area contributed by atoms with E-state index in [2.05, 4.69) is 120 Å². The van der Waals surface area contributed by atoms with Gasteiger partial charge in [0, 0.05) is 30.8 Å². The Kier molecular flexibility index (Phi) is 5.39. The second-order valence-corrected chi connectivity index (χ2v) is 10.3. The fourth-order valence-electron chi connectivity index (χ4n) is 4.68. The average Bonchev–Trinajstić information content (AvgIpc) is 2.72. The van der Waals surface area contributed by atoms with E-state index in [9.17, 15) is 0 Å². The monoisotopic (exact) mass is 544 g/mol. The predicted molar refractivity (Wildman–Crippen MR) is 142 cm³/mol. The minimum atomic E-state index is 0.941. The van der Waals surface area contributed by atoms with Crippen LogP contribution in [0.4, 0.5) is 0 Å². The number of hydrogen-bond acceptors (Lipinski definition) is 2. The van der Waals surface area contributed by atoms with E-state index in [1.165, 1.54) is 33.4 Å². The number of halogens is 2. The summed E-state index contributed by atoms with van der Waals surface area (Å²) in [6, 6.07) is 21.4. The van der Waals surface area contributed by atoms with E-state index in [1.54, 1.807) is 0 Å². The Labute approximate surface area is 205 Å². The zero-order chi connectivity index (χ0) is 22.6. The summed E-state index contributed by atoms with van der Waals surface area (Å²) in [7, 11) is 0. The summed E-state index contributed by atoms with van der Waals surface area (Å²) in [5.41, 5.74) is 11.0. The van der Waals surface area contributed by atoms with Gasteiger partial charge in [-0.05, 0) is 86.3 Å². The Bertz CT molecular complexity index is 1370. The number of nitrogens with zero attached hydrogens (tertiary/aromatic N) is 2. The van der Waals surface area contributed by atoms with Gasteiger partial charge in [0.25, 0.3) is 0 Å². The average molecular weight is 546 g/mol. The van der Waals surface area contributed by atoms with Crippen LogP contribution in [-0.2, 0) is 0 Å². The predicted octanol–water partition coefficient (Wildman–Crippen LogP) is 8.88. The minimum absolute atomic E-state index is 0.941. The van der Waals surface area contributed by atoms with Gasteiger partial charge in [0.1, 0.15) is 0 Å². The van der Waals surface area contributed by atoms with Gasteiger partial charge in [0.05, 0.1) is 22.4 Å². The molecule has 0 spiro atoms. The van der Waals surface area contributed by atoms with Crippen molar-refractivity contribution in [3.05, 3.63) is 91.9 Å². The molecule has 0 N–H and O–H groups in total. The lowest BCUT2D eigenvalue weighted by molar-refractivity contribution is 1.29. The second-order valence-electron chi connectivity index (χ2n) is 8.43. The third-order valence-corrected chi connectivity index (χ3v) is 6.94. The quantitative estimate of drug-likeness (QED) is 0.207. The Morgan fingerprint density at radius 1 is 0.500 bits per heavy atom. The number of fused-ring (bicyclic) bond motifs is 3. The molecule has 0 atom stereocenters. The Morgan fingerprint density at radius 3 is 1.16 bits per heavy atom. The van der Waals surface area contributed by atoms with Gasteiger partial charge in [-0.2, -0.15) is 0 Å². The molecular weight excluding hydrogens is 524 g/mol. The lowest BCUT2D eigenvalue weighted by Gasteiger charge is -2.13. The summed E-state index contributed by atoms with van der Waals surface area (Å²) in [5.74, 6) is 0. The molecule has 2 nitrogen and oxygen atoms in total. The maximum Gasteiger partial charge on any atom is 0.0972 e. The van der Waals surface area contributed by atoms with Gasteiger partial charge in [0.2, 0.25) is 0 Å². The van der Waals surface area contributed by atoms with Crippen molar-refractivity contribution in [1.29, 1.82) is 0 Å². The van der Waals surface area contributed by atoms with Crippen LogP contribution in [0, 0.1) is 27.7 Å². The summed E-state index contributed by atoms with van der Waals surface area (Å²) < 4.78 is 2.18. The molecule has 0 radical (unpaired) electrons. The Morgan fingerprint density at radius 2 is 0.812 bits per heavy atom. The van der Waals surface area contributed by atoms with Crippen molar-refractivity contribution < 1.29 is 0 Å². The van der Waals surface area contributed by atoms with Gasteiger partial charge in [-0.3, -0.25) is 0 Å². The molecule has 3 aromatic carbocycles. The van der Waals surface area contributed by atoms with Gasteiger partial charge in [-0.15, -0.1) is 0 Å². The molecule has 5 aromatic rings. The van der Waals surface area contributed by atoms with Crippen LogP contribution in [0.25, 0.3) is 44.3 Å². The van der Waals surface area contributed by atoms with E-state index in [1.807, 2.05) is 0 Å².